The van der Waals surface area contributed by atoms with Gasteiger partial charge in [-0.15, -0.1) is 6.42 Å². The summed E-state index contributed by atoms with van der Waals surface area (Å²) in [4.78, 5) is 0. The fourth-order valence-corrected chi connectivity index (χ4v) is 2.56. The molecule has 2 unspecified atom stereocenters. The smallest absolute Gasteiger partial charge is 0.165 e. The first-order chi connectivity index (χ1) is 10.4. The maximum Gasteiger partial charge on any atom is 0.165 e. The van der Waals surface area contributed by atoms with Gasteiger partial charge in [0.05, 0.1) is 10.9 Å². The van der Waals surface area contributed by atoms with Crippen molar-refractivity contribution in [2.24, 2.45) is 0 Å². The maximum atomic E-state index is 14.1. The van der Waals surface area contributed by atoms with Gasteiger partial charge in [0, 0.05) is 11.5 Å². The van der Waals surface area contributed by atoms with Crippen molar-refractivity contribution < 1.29 is 17.6 Å². The number of benzene rings is 2. The molecule has 0 radical (unpaired) electrons. The van der Waals surface area contributed by atoms with Crippen LogP contribution in [0.5, 0.6) is 0 Å². The van der Waals surface area contributed by atoms with Crippen LogP contribution in [0.15, 0.2) is 30.3 Å². The fraction of sp³-hybridized carbons (Fsp3) is 0.176. The van der Waals surface area contributed by atoms with E-state index in [0.29, 0.717) is 11.6 Å². The summed E-state index contributed by atoms with van der Waals surface area (Å²) >= 11 is 5.57. The van der Waals surface area contributed by atoms with Gasteiger partial charge in [-0.2, -0.15) is 0 Å². The Hall–Kier alpha value is -1.99. The fourth-order valence-electron chi connectivity index (χ4n) is 2.36. The molecule has 2 atom stereocenters. The van der Waals surface area contributed by atoms with E-state index in [-0.39, 0.29) is 0 Å². The van der Waals surface area contributed by atoms with Gasteiger partial charge < -0.3 is 0 Å². The molecule has 5 heteroatoms. The van der Waals surface area contributed by atoms with E-state index in [4.69, 9.17) is 18.0 Å². The van der Waals surface area contributed by atoms with Crippen molar-refractivity contribution >= 4 is 11.6 Å². The first kappa shape index (κ1) is 16.4. The standard InChI is InChI=1S/C17H11ClF4/c1-3-12(10-4-6-11(19)7-5-10)9(2)15-16(21)13(18)8-14(20)17(15)22/h1,4-9,12H,2H3. The van der Waals surface area contributed by atoms with Crippen molar-refractivity contribution in [3.63, 3.8) is 0 Å². The molecule has 2 rings (SSSR count). The highest BCUT2D eigenvalue weighted by molar-refractivity contribution is 6.30. The molecule has 0 aliphatic heterocycles. The Balaban J connectivity index is 2.52. The minimum Gasteiger partial charge on any atom is -0.207 e. The Kier molecular flexibility index (Phi) is 4.77. The zero-order valence-electron chi connectivity index (χ0n) is 11.5. The van der Waals surface area contributed by atoms with Crippen LogP contribution in [0, 0.1) is 35.6 Å². The van der Waals surface area contributed by atoms with Crippen molar-refractivity contribution in [2.75, 3.05) is 0 Å². The Morgan fingerprint density at radius 3 is 2.18 bits per heavy atom. The number of halogens is 5. The number of terminal acetylenes is 1. The summed E-state index contributed by atoms with van der Waals surface area (Å²) in [6.45, 7) is 1.46. The van der Waals surface area contributed by atoms with E-state index >= 15 is 0 Å². The second-order valence-corrected chi connectivity index (χ2v) is 5.27. The van der Waals surface area contributed by atoms with E-state index in [2.05, 4.69) is 5.92 Å². The molecule has 0 aliphatic rings. The van der Waals surface area contributed by atoms with Crippen LogP contribution in [0.2, 0.25) is 5.02 Å². The summed E-state index contributed by atoms with van der Waals surface area (Å²) in [6, 6.07) is 5.81. The summed E-state index contributed by atoms with van der Waals surface area (Å²) in [5.41, 5.74) is -0.0205. The zero-order chi connectivity index (χ0) is 16.4. The number of hydrogen-bond acceptors (Lipinski definition) is 0. The Morgan fingerprint density at radius 2 is 1.64 bits per heavy atom. The van der Waals surface area contributed by atoms with Crippen LogP contribution in [0.25, 0.3) is 0 Å². The summed E-state index contributed by atoms with van der Waals surface area (Å²) in [5, 5.41) is -0.518. The molecule has 22 heavy (non-hydrogen) atoms. The van der Waals surface area contributed by atoms with E-state index < -0.39 is 45.7 Å². The summed E-state index contributed by atoms with van der Waals surface area (Å²) in [6.07, 6.45) is 5.44. The first-order valence-corrected chi connectivity index (χ1v) is 6.79. The molecule has 0 saturated heterocycles. The molecule has 0 heterocycles. The lowest BCUT2D eigenvalue weighted by molar-refractivity contribution is 0.463. The van der Waals surface area contributed by atoms with Crippen LogP contribution in [0.1, 0.15) is 29.9 Å². The molecule has 0 aromatic heterocycles. The largest absolute Gasteiger partial charge is 0.207 e. The van der Waals surface area contributed by atoms with Gasteiger partial charge in [0.1, 0.15) is 11.6 Å². The second kappa shape index (κ2) is 6.41. The van der Waals surface area contributed by atoms with Gasteiger partial charge in [0.25, 0.3) is 0 Å². The molecule has 0 aliphatic carbocycles. The predicted octanol–water partition coefficient (Wildman–Crippen LogP) is 5.42. The molecule has 0 nitrogen and oxygen atoms in total. The molecule has 2 aromatic carbocycles. The molecule has 0 fully saturated rings. The molecule has 0 amide bonds. The van der Waals surface area contributed by atoms with Crippen LogP contribution in [0.3, 0.4) is 0 Å². The second-order valence-electron chi connectivity index (χ2n) is 4.87. The maximum absolute atomic E-state index is 14.1. The van der Waals surface area contributed by atoms with E-state index in [1.165, 1.54) is 31.2 Å². The van der Waals surface area contributed by atoms with Gasteiger partial charge in [0.15, 0.2) is 11.6 Å². The lowest BCUT2D eigenvalue weighted by Gasteiger charge is -2.21. The lowest BCUT2D eigenvalue weighted by atomic mass is 9.82. The average Bonchev–Trinajstić information content (AvgIpc) is 2.48. The highest BCUT2D eigenvalue weighted by Crippen LogP contribution is 2.37. The SMILES string of the molecule is C#CC(c1ccc(F)cc1)C(C)c1c(F)c(F)cc(Cl)c1F. The Morgan fingerprint density at radius 1 is 1.05 bits per heavy atom. The van der Waals surface area contributed by atoms with E-state index in [1.54, 1.807) is 0 Å². The monoisotopic (exact) mass is 326 g/mol. The normalized spacial score (nSPS) is 13.5. The number of rotatable bonds is 3. The van der Waals surface area contributed by atoms with Crippen molar-refractivity contribution in [3.8, 4) is 12.3 Å². The average molecular weight is 327 g/mol. The van der Waals surface area contributed by atoms with Crippen LogP contribution in [0.4, 0.5) is 17.6 Å². The predicted molar refractivity (Wildman–Crippen MR) is 77.7 cm³/mol. The lowest BCUT2D eigenvalue weighted by Crippen LogP contribution is -2.12. The van der Waals surface area contributed by atoms with Gasteiger partial charge in [0.2, 0.25) is 0 Å². The van der Waals surface area contributed by atoms with Crippen LogP contribution < -0.4 is 0 Å². The minimum atomic E-state index is -1.32. The van der Waals surface area contributed by atoms with E-state index in [1.807, 2.05) is 0 Å². The van der Waals surface area contributed by atoms with Gasteiger partial charge in [-0.25, -0.2) is 17.6 Å². The topological polar surface area (TPSA) is 0 Å². The molecule has 114 valence electrons. The minimum absolute atomic E-state index is 0.460. The van der Waals surface area contributed by atoms with E-state index in [9.17, 15) is 17.6 Å². The van der Waals surface area contributed by atoms with Crippen LogP contribution in [-0.4, -0.2) is 0 Å². The van der Waals surface area contributed by atoms with Crippen molar-refractivity contribution in [3.05, 3.63) is 69.8 Å². The third-order valence-corrected chi connectivity index (χ3v) is 3.78. The van der Waals surface area contributed by atoms with Gasteiger partial charge in [-0.3, -0.25) is 0 Å². The van der Waals surface area contributed by atoms with E-state index in [0.717, 1.165) is 0 Å². The van der Waals surface area contributed by atoms with Crippen molar-refractivity contribution in [2.45, 2.75) is 18.8 Å². The molecule has 0 bridgehead atoms. The van der Waals surface area contributed by atoms with Crippen LogP contribution in [-0.2, 0) is 0 Å². The Labute approximate surface area is 130 Å². The molecular formula is C17H11ClF4. The van der Waals surface area contributed by atoms with Crippen molar-refractivity contribution in [1.29, 1.82) is 0 Å². The third-order valence-electron chi connectivity index (χ3n) is 3.51. The van der Waals surface area contributed by atoms with Crippen LogP contribution >= 0.6 is 11.6 Å². The molecule has 0 N–H and O–H groups in total. The summed E-state index contributed by atoms with van der Waals surface area (Å²) < 4.78 is 54.5. The highest BCUT2D eigenvalue weighted by Gasteiger charge is 2.28. The quantitative estimate of drug-likeness (QED) is 0.401. The molecule has 0 saturated carbocycles. The van der Waals surface area contributed by atoms with Crippen molar-refractivity contribution in [1.82, 2.24) is 0 Å². The first-order valence-electron chi connectivity index (χ1n) is 6.41. The molecule has 2 aromatic rings. The Bertz CT molecular complexity index is 706. The molecular weight excluding hydrogens is 316 g/mol. The van der Waals surface area contributed by atoms with Gasteiger partial charge in [-0.1, -0.05) is 36.6 Å². The highest BCUT2D eigenvalue weighted by atomic mass is 35.5. The number of hydrogen-bond donors (Lipinski definition) is 0. The van der Waals surface area contributed by atoms with Gasteiger partial charge >= 0.3 is 0 Å². The molecule has 0 spiro atoms. The summed E-state index contributed by atoms with van der Waals surface area (Å²) in [7, 11) is 0. The van der Waals surface area contributed by atoms with Gasteiger partial charge in [-0.05, 0) is 23.8 Å². The zero-order valence-corrected chi connectivity index (χ0v) is 12.3. The summed E-state index contributed by atoms with van der Waals surface area (Å²) in [5.74, 6) is -3.31. The third kappa shape index (κ3) is 2.95.